The fourth-order valence-corrected chi connectivity index (χ4v) is 4.03. The van der Waals surface area contributed by atoms with Crippen LogP contribution >= 0.6 is 0 Å². The number of esters is 1. The summed E-state index contributed by atoms with van der Waals surface area (Å²) in [5, 5.41) is 4.33. The molecule has 1 amide bonds. The number of nitrogens with zero attached hydrogens (tertiary/aromatic N) is 4. The van der Waals surface area contributed by atoms with Gasteiger partial charge in [0.1, 0.15) is 0 Å². The van der Waals surface area contributed by atoms with Gasteiger partial charge in [-0.25, -0.2) is 9.67 Å². The summed E-state index contributed by atoms with van der Waals surface area (Å²) in [6.45, 7) is 3.22. The van der Waals surface area contributed by atoms with Crippen molar-refractivity contribution in [2.24, 2.45) is 11.3 Å². The van der Waals surface area contributed by atoms with E-state index in [-0.39, 0.29) is 23.2 Å². The van der Waals surface area contributed by atoms with E-state index in [2.05, 4.69) is 10.1 Å². The molecule has 1 aliphatic heterocycles. The monoisotopic (exact) mass is 354 g/mol. The molecule has 2 fully saturated rings. The summed E-state index contributed by atoms with van der Waals surface area (Å²) in [5.74, 6) is 0.589. The van der Waals surface area contributed by atoms with Crippen LogP contribution in [0.5, 0.6) is 0 Å². The van der Waals surface area contributed by atoms with E-state index in [4.69, 9.17) is 4.74 Å². The second-order valence-electron chi connectivity index (χ2n) is 7.18. The third kappa shape index (κ3) is 2.67. The molecule has 2 aliphatic rings. The first kappa shape index (κ1) is 16.8. The SMILES string of the molecule is COC(=O)C1CC12CCN(C(=O)c1cnn(-c3ccccn3)c1C)CC2. The van der Waals surface area contributed by atoms with E-state index in [1.54, 1.807) is 17.1 Å². The standard InChI is InChI=1S/C19H22N4O3/c1-13-14(12-21-23(13)16-5-3-4-8-20-16)17(24)22-9-6-19(7-10-22)11-15(19)18(25)26-2/h3-5,8,12,15H,6-7,9-11H2,1-2H3. The van der Waals surface area contributed by atoms with Gasteiger partial charge < -0.3 is 9.64 Å². The number of carbonyl (C=O) groups is 2. The van der Waals surface area contributed by atoms with Gasteiger partial charge in [-0.1, -0.05) is 6.07 Å². The molecule has 3 heterocycles. The minimum atomic E-state index is -0.114. The Kier molecular flexibility index (Phi) is 4.01. The number of piperidine rings is 1. The van der Waals surface area contributed by atoms with Crippen molar-refractivity contribution in [1.29, 1.82) is 0 Å². The molecule has 7 nitrogen and oxygen atoms in total. The average Bonchev–Trinajstić information content (AvgIpc) is 3.24. The highest BCUT2D eigenvalue weighted by atomic mass is 16.5. The van der Waals surface area contributed by atoms with Crippen LogP contribution in [-0.2, 0) is 9.53 Å². The third-order valence-corrected chi connectivity index (χ3v) is 5.83. The lowest BCUT2D eigenvalue weighted by molar-refractivity contribution is -0.143. The third-order valence-electron chi connectivity index (χ3n) is 5.83. The summed E-state index contributed by atoms with van der Waals surface area (Å²) in [5.41, 5.74) is 1.44. The highest BCUT2D eigenvalue weighted by Crippen LogP contribution is 2.59. The van der Waals surface area contributed by atoms with Gasteiger partial charge in [0, 0.05) is 19.3 Å². The molecular formula is C19H22N4O3. The van der Waals surface area contributed by atoms with Crippen LogP contribution in [0.3, 0.4) is 0 Å². The Morgan fingerprint density at radius 2 is 2.04 bits per heavy atom. The summed E-state index contributed by atoms with van der Waals surface area (Å²) in [4.78, 5) is 30.8. The summed E-state index contributed by atoms with van der Waals surface area (Å²) < 4.78 is 6.56. The molecule has 1 saturated heterocycles. The molecule has 7 heteroatoms. The van der Waals surface area contributed by atoms with Gasteiger partial charge in [-0.15, -0.1) is 0 Å². The van der Waals surface area contributed by atoms with Crippen LogP contribution in [0.4, 0.5) is 0 Å². The van der Waals surface area contributed by atoms with Crippen molar-refractivity contribution in [3.8, 4) is 5.82 Å². The summed E-state index contributed by atoms with van der Waals surface area (Å²) in [6.07, 6.45) is 5.91. The van der Waals surface area contributed by atoms with E-state index < -0.39 is 0 Å². The molecule has 0 radical (unpaired) electrons. The lowest BCUT2D eigenvalue weighted by atomic mass is 9.90. The zero-order valence-electron chi connectivity index (χ0n) is 15.0. The Morgan fingerprint density at radius 1 is 1.27 bits per heavy atom. The topological polar surface area (TPSA) is 77.3 Å². The minimum absolute atomic E-state index is 0.00482. The summed E-state index contributed by atoms with van der Waals surface area (Å²) in [7, 11) is 1.44. The second kappa shape index (κ2) is 6.23. The van der Waals surface area contributed by atoms with E-state index in [1.807, 2.05) is 30.0 Å². The van der Waals surface area contributed by atoms with Crippen molar-refractivity contribution < 1.29 is 14.3 Å². The molecule has 136 valence electrons. The molecule has 2 aromatic heterocycles. The van der Waals surface area contributed by atoms with Gasteiger partial charge in [0.15, 0.2) is 5.82 Å². The number of likely N-dealkylation sites (tertiary alicyclic amines) is 1. The predicted molar refractivity (Wildman–Crippen MR) is 93.8 cm³/mol. The minimum Gasteiger partial charge on any atom is -0.469 e. The summed E-state index contributed by atoms with van der Waals surface area (Å²) in [6, 6.07) is 5.60. The van der Waals surface area contributed by atoms with Crippen molar-refractivity contribution in [2.45, 2.75) is 26.2 Å². The fourth-order valence-electron chi connectivity index (χ4n) is 4.03. The Morgan fingerprint density at radius 3 is 2.69 bits per heavy atom. The lowest BCUT2D eigenvalue weighted by Gasteiger charge is -2.32. The van der Waals surface area contributed by atoms with Crippen LogP contribution in [0, 0.1) is 18.3 Å². The van der Waals surface area contributed by atoms with E-state index in [0.717, 1.165) is 25.0 Å². The number of amides is 1. The van der Waals surface area contributed by atoms with E-state index in [0.29, 0.717) is 24.5 Å². The van der Waals surface area contributed by atoms with Crippen molar-refractivity contribution in [1.82, 2.24) is 19.7 Å². The zero-order chi connectivity index (χ0) is 18.3. The number of pyridine rings is 1. The maximum Gasteiger partial charge on any atom is 0.309 e. The molecule has 1 aliphatic carbocycles. The number of methoxy groups -OCH3 is 1. The molecule has 4 rings (SSSR count). The molecular weight excluding hydrogens is 332 g/mol. The molecule has 1 spiro atoms. The van der Waals surface area contributed by atoms with E-state index >= 15 is 0 Å². The second-order valence-corrected chi connectivity index (χ2v) is 7.18. The predicted octanol–water partition coefficient (Wildman–Crippen LogP) is 1.99. The van der Waals surface area contributed by atoms with Crippen LogP contribution in [0.25, 0.3) is 5.82 Å². The Labute approximate surface area is 152 Å². The molecule has 2 aromatic rings. The lowest BCUT2D eigenvalue weighted by Crippen LogP contribution is -2.40. The average molecular weight is 354 g/mol. The first-order valence-corrected chi connectivity index (χ1v) is 8.89. The molecule has 1 unspecified atom stereocenters. The molecule has 0 aromatic carbocycles. The molecule has 1 saturated carbocycles. The van der Waals surface area contributed by atoms with Crippen LogP contribution in [0.15, 0.2) is 30.6 Å². The van der Waals surface area contributed by atoms with E-state index in [9.17, 15) is 9.59 Å². The number of hydrogen-bond acceptors (Lipinski definition) is 5. The Hall–Kier alpha value is -2.70. The highest BCUT2D eigenvalue weighted by Gasteiger charge is 2.59. The normalized spacial score (nSPS) is 20.8. The maximum atomic E-state index is 12.9. The quantitative estimate of drug-likeness (QED) is 0.788. The van der Waals surface area contributed by atoms with Gasteiger partial charge >= 0.3 is 5.97 Å². The number of hydrogen-bond donors (Lipinski definition) is 0. The van der Waals surface area contributed by atoms with Crippen molar-refractivity contribution in [3.05, 3.63) is 41.9 Å². The summed E-state index contributed by atoms with van der Waals surface area (Å²) >= 11 is 0. The van der Waals surface area contributed by atoms with Crippen LogP contribution in [0.1, 0.15) is 35.3 Å². The van der Waals surface area contributed by atoms with Gasteiger partial charge in [-0.2, -0.15) is 5.10 Å². The number of rotatable bonds is 3. The van der Waals surface area contributed by atoms with Crippen molar-refractivity contribution in [3.63, 3.8) is 0 Å². The molecule has 26 heavy (non-hydrogen) atoms. The number of aromatic nitrogens is 3. The van der Waals surface area contributed by atoms with E-state index in [1.165, 1.54) is 7.11 Å². The van der Waals surface area contributed by atoms with Crippen molar-refractivity contribution in [2.75, 3.05) is 20.2 Å². The van der Waals surface area contributed by atoms with Crippen molar-refractivity contribution >= 4 is 11.9 Å². The largest absolute Gasteiger partial charge is 0.469 e. The molecule has 1 atom stereocenters. The van der Waals surface area contributed by atoms with Crippen LogP contribution < -0.4 is 0 Å². The van der Waals surface area contributed by atoms with Crippen LogP contribution in [-0.4, -0.2) is 51.7 Å². The first-order chi connectivity index (χ1) is 12.6. The Balaban J connectivity index is 1.45. The fraction of sp³-hybridized carbons (Fsp3) is 0.474. The van der Waals surface area contributed by atoms with Gasteiger partial charge in [-0.05, 0) is 43.7 Å². The molecule has 0 N–H and O–H groups in total. The maximum absolute atomic E-state index is 12.9. The van der Waals surface area contributed by atoms with Gasteiger partial charge in [0.25, 0.3) is 5.91 Å². The zero-order valence-corrected chi connectivity index (χ0v) is 15.0. The number of carbonyl (C=O) groups excluding carboxylic acids is 2. The van der Waals surface area contributed by atoms with Crippen LogP contribution in [0.2, 0.25) is 0 Å². The van der Waals surface area contributed by atoms with Gasteiger partial charge in [0.05, 0.1) is 30.5 Å². The first-order valence-electron chi connectivity index (χ1n) is 8.89. The highest BCUT2D eigenvalue weighted by molar-refractivity contribution is 5.95. The smallest absolute Gasteiger partial charge is 0.309 e. The Bertz CT molecular complexity index is 838. The van der Waals surface area contributed by atoms with Gasteiger partial charge in [-0.3, -0.25) is 9.59 Å². The number of ether oxygens (including phenoxy) is 1. The molecule has 0 bridgehead atoms. The van der Waals surface area contributed by atoms with Gasteiger partial charge in [0.2, 0.25) is 0 Å².